The van der Waals surface area contributed by atoms with Gasteiger partial charge >= 0.3 is 0 Å². The number of methoxy groups -OCH3 is 1. The molecule has 0 spiro atoms. The van der Waals surface area contributed by atoms with E-state index in [0.717, 1.165) is 11.3 Å². The minimum atomic E-state index is -0.465. The fourth-order valence-electron chi connectivity index (χ4n) is 3.14. The molecule has 0 amide bonds. The molecular weight excluding hydrogens is 382 g/mol. The first-order chi connectivity index (χ1) is 14.6. The highest BCUT2D eigenvalue weighted by molar-refractivity contribution is 5.90. The zero-order valence-corrected chi connectivity index (χ0v) is 16.1. The van der Waals surface area contributed by atoms with Gasteiger partial charge in [0.2, 0.25) is 5.43 Å². The van der Waals surface area contributed by atoms with Crippen molar-refractivity contribution in [2.24, 2.45) is 0 Å². The van der Waals surface area contributed by atoms with Crippen LogP contribution in [-0.4, -0.2) is 21.8 Å². The van der Waals surface area contributed by atoms with E-state index < -0.39 is 4.92 Å². The lowest BCUT2D eigenvalue weighted by molar-refractivity contribution is -0.384. The van der Waals surface area contributed by atoms with Gasteiger partial charge in [-0.3, -0.25) is 14.9 Å². The number of nitrogens with zero attached hydrogens (tertiary/aromatic N) is 3. The van der Waals surface area contributed by atoms with Gasteiger partial charge in [-0.05, 0) is 42.0 Å². The third kappa shape index (κ3) is 3.68. The number of nitro benzene ring substituents is 1. The van der Waals surface area contributed by atoms with E-state index in [-0.39, 0.29) is 11.1 Å². The van der Waals surface area contributed by atoms with Gasteiger partial charge in [0, 0.05) is 17.5 Å². The lowest BCUT2D eigenvalue weighted by Gasteiger charge is -2.01. The summed E-state index contributed by atoms with van der Waals surface area (Å²) in [6, 6.07) is 20.3. The summed E-state index contributed by atoms with van der Waals surface area (Å²) in [5.74, 6) is 0.767. The summed E-state index contributed by atoms with van der Waals surface area (Å²) in [7, 11) is 1.61. The fraction of sp³-hybridized carbons (Fsp3) is 0.0435. The molecule has 0 aliphatic rings. The summed E-state index contributed by atoms with van der Waals surface area (Å²) < 4.78 is 6.69. The highest BCUT2D eigenvalue weighted by Crippen LogP contribution is 2.23. The predicted octanol–water partition coefficient (Wildman–Crippen LogP) is 4.47. The zero-order valence-electron chi connectivity index (χ0n) is 16.1. The first-order valence-corrected chi connectivity index (χ1v) is 9.16. The highest BCUT2D eigenvalue weighted by atomic mass is 16.6. The van der Waals surface area contributed by atoms with Crippen LogP contribution in [0.1, 0.15) is 11.3 Å². The number of hydrogen-bond donors (Lipinski definition) is 0. The molecule has 0 fully saturated rings. The van der Waals surface area contributed by atoms with Crippen LogP contribution in [0.4, 0.5) is 5.69 Å². The summed E-state index contributed by atoms with van der Waals surface area (Å²) in [6.07, 6.45) is 3.74. The lowest BCUT2D eigenvalue weighted by atomic mass is 10.1. The normalized spacial score (nSPS) is 11.1. The Hall–Kier alpha value is -4.26. The molecule has 0 aliphatic carbocycles. The van der Waals surface area contributed by atoms with Crippen molar-refractivity contribution in [3.8, 4) is 11.4 Å². The number of ether oxygens (including phenoxy) is 1. The van der Waals surface area contributed by atoms with Crippen molar-refractivity contribution in [3.63, 3.8) is 0 Å². The van der Waals surface area contributed by atoms with Gasteiger partial charge in [0.25, 0.3) is 5.69 Å². The number of benzene rings is 2. The summed E-state index contributed by atoms with van der Waals surface area (Å²) in [5.41, 5.74) is 2.33. The Labute approximate surface area is 171 Å². The van der Waals surface area contributed by atoms with Crippen LogP contribution in [0.3, 0.4) is 0 Å². The van der Waals surface area contributed by atoms with E-state index in [9.17, 15) is 14.9 Å². The highest BCUT2D eigenvalue weighted by Gasteiger charge is 2.13. The maximum Gasteiger partial charge on any atom is 0.269 e. The third-order valence-corrected chi connectivity index (χ3v) is 4.66. The Balaban J connectivity index is 1.84. The van der Waals surface area contributed by atoms with Crippen LogP contribution in [-0.2, 0) is 0 Å². The first kappa shape index (κ1) is 19.1. The van der Waals surface area contributed by atoms with E-state index in [2.05, 4.69) is 5.10 Å². The molecule has 3 aromatic carbocycles. The largest absolute Gasteiger partial charge is 0.497 e. The molecule has 7 nitrogen and oxygen atoms in total. The second kappa shape index (κ2) is 8.00. The van der Waals surface area contributed by atoms with E-state index in [1.165, 1.54) is 22.9 Å². The van der Waals surface area contributed by atoms with E-state index in [1.54, 1.807) is 31.4 Å². The summed E-state index contributed by atoms with van der Waals surface area (Å²) in [6.45, 7) is 0. The average molecular weight is 399 g/mol. The van der Waals surface area contributed by atoms with Gasteiger partial charge in [-0.15, -0.1) is 0 Å². The van der Waals surface area contributed by atoms with Crippen molar-refractivity contribution in [1.82, 2.24) is 9.78 Å². The van der Waals surface area contributed by atoms with E-state index in [0.29, 0.717) is 22.3 Å². The smallest absolute Gasteiger partial charge is 0.269 e. The van der Waals surface area contributed by atoms with Crippen molar-refractivity contribution >= 4 is 28.7 Å². The molecule has 7 heteroatoms. The molecule has 148 valence electrons. The second-order valence-electron chi connectivity index (χ2n) is 6.52. The monoisotopic (exact) mass is 399 g/mol. The summed E-state index contributed by atoms with van der Waals surface area (Å²) in [5, 5.41) is 16.2. The minimum Gasteiger partial charge on any atom is -0.497 e. The molecule has 4 aromatic rings. The van der Waals surface area contributed by atoms with Gasteiger partial charge in [-0.2, -0.15) is 5.10 Å². The van der Waals surface area contributed by atoms with Crippen LogP contribution in [0.25, 0.3) is 28.7 Å². The van der Waals surface area contributed by atoms with Crippen molar-refractivity contribution in [3.05, 3.63) is 104 Å². The Morgan fingerprint density at radius 2 is 1.67 bits per heavy atom. The molecule has 0 atom stereocenters. The molecule has 4 rings (SSSR count). The molecule has 30 heavy (non-hydrogen) atoms. The number of non-ortho nitro benzene ring substituents is 1. The number of nitro groups is 1. The Kier molecular flexibility index (Phi) is 5.09. The lowest BCUT2D eigenvalue weighted by Crippen LogP contribution is -2.05. The average Bonchev–Trinajstić information content (AvgIpc) is 3.03. The van der Waals surface area contributed by atoms with Gasteiger partial charge < -0.3 is 4.74 Å². The van der Waals surface area contributed by atoms with Crippen molar-refractivity contribution in [1.29, 1.82) is 0 Å². The summed E-state index contributed by atoms with van der Waals surface area (Å²) in [4.78, 5) is 23.2. The molecule has 0 saturated heterocycles. The van der Waals surface area contributed by atoms with E-state index in [1.807, 2.05) is 42.5 Å². The molecule has 0 aliphatic heterocycles. The van der Waals surface area contributed by atoms with Gasteiger partial charge in [-0.25, -0.2) is 4.68 Å². The van der Waals surface area contributed by atoms with Crippen molar-refractivity contribution in [2.75, 3.05) is 7.11 Å². The maximum atomic E-state index is 12.7. The van der Waals surface area contributed by atoms with E-state index in [4.69, 9.17) is 4.74 Å². The minimum absolute atomic E-state index is 0.0252. The molecule has 0 bridgehead atoms. The van der Waals surface area contributed by atoms with Gasteiger partial charge in [-0.1, -0.05) is 36.4 Å². The van der Waals surface area contributed by atoms with Crippen LogP contribution in [0, 0.1) is 10.1 Å². The zero-order chi connectivity index (χ0) is 21.1. The molecular formula is C23H17N3O4. The predicted molar refractivity (Wildman–Crippen MR) is 116 cm³/mol. The van der Waals surface area contributed by atoms with Crippen LogP contribution in [0.2, 0.25) is 0 Å². The van der Waals surface area contributed by atoms with E-state index >= 15 is 0 Å². The standard InChI is InChI=1S/C23H17N3O4/c1-30-19-13-6-16(7-14-19)8-15-21-20-4-2-3-5-22(27)23(20)25(24-21)17-9-11-18(12-10-17)26(28)29/h2-15H,1H3/b15-8+. The Morgan fingerprint density at radius 1 is 0.967 bits per heavy atom. The quantitative estimate of drug-likeness (QED) is 0.365. The SMILES string of the molecule is COc1ccc(/C=C/c2nn(-c3ccc([N+](=O)[O-])cc3)c3c(=O)ccccc23)cc1. The summed E-state index contributed by atoms with van der Waals surface area (Å²) >= 11 is 0. The van der Waals surface area contributed by atoms with Gasteiger partial charge in [0.15, 0.2) is 0 Å². The van der Waals surface area contributed by atoms with Crippen molar-refractivity contribution < 1.29 is 9.66 Å². The number of hydrogen-bond acceptors (Lipinski definition) is 5. The van der Waals surface area contributed by atoms with Crippen LogP contribution >= 0.6 is 0 Å². The van der Waals surface area contributed by atoms with Gasteiger partial charge in [0.05, 0.1) is 23.4 Å². The van der Waals surface area contributed by atoms with Crippen LogP contribution in [0.15, 0.2) is 77.6 Å². The second-order valence-corrected chi connectivity index (χ2v) is 6.52. The number of fused-ring (bicyclic) bond motifs is 1. The number of aromatic nitrogens is 2. The molecule has 1 aromatic heterocycles. The molecule has 1 heterocycles. The van der Waals surface area contributed by atoms with Gasteiger partial charge in [0.1, 0.15) is 11.3 Å². The topological polar surface area (TPSA) is 87.3 Å². The van der Waals surface area contributed by atoms with Crippen LogP contribution < -0.4 is 10.2 Å². The van der Waals surface area contributed by atoms with Crippen molar-refractivity contribution in [2.45, 2.75) is 0 Å². The molecule has 0 unspecified atom stereocenters. The van der Waals surface area contributed by atoms with Crippen LogP contribution in [0.5, 0.6) is 5.75 Å². The number of rotatable bonds is 5. The third-order valence-electron chi connectivity index (χ3n) is 4.66. The fourth-order valence-corrected chi connectivity index (χ4v) is 3.14. The molecule has 0 saturated carbocycles. The molecule has 0 N–H and O–H groups in total. The molecule has 0 radical (unpaired) electrons. The Bertz CT molecular complexity index is 1310. The Morgan fingerprint density at radius 3 is 2.33 bits per heavy atom. The first-order valence-electron chi connectivity index (χ1n) is 9.16. The maximum absolute atomic E-state index is 12.7.